The molecule has 3 nitrogen and oxygen atoms in total. The molecule has 20 heavy (non-hydrogen) atoms. The molecule has 98 valence electrons. The van der Waals surface area contributed by atoms with Crippen molar-refractivity contribution in [3.63, 3.8) is 0 Å². The minimum absolute atomic E-state index is 0.171. The van der Waals surface area contributed by atoms with Crippen LogP contribution < -0.4 is 0 Å². The van der Waals surface area contributed by atoms with Crippen molar-refractivity contribution in [2.24, 2.45) is 0 Å². The second-order valence-corrected chi connectivity index (χ2v) is 6.05. The van der Waals surface area contributed by atoms with Crippen LogP contribution >= 0.6 is 38.9 Å². The SMILES string of the molecule is N#Cc1cc(F)c(-c2nc3ccnc(Br)c3s2)c(Cl)c1. The second kappa shape index (κ2) is 5.09. The molecule has 0 aliphatic heterocycles. The predicted molar refractivity (Wildman–Crippen MR) is 80.2 cm³/mol. The predicted octanol–water partition coefficient (Wildman–Crippen LogP) is 4.78. The molecule has 0 spiro atoms. The molecule has 3 rings (SSSR count). The van der Waals surface area contributed by atoms with E-state index in [-0.39, 0.29) is 16.1 Å². The Hall–Kier alpha value is -1.55. The first-order chi connectivity index (χ1) is 9.60. The van der Waals surface area contributed by atoms with Gasteiger partial charge < -0.3 is 0 Å². The van der Waals surface area contributed by atoms with E-state index in [1.807, 2.05) is 6.07 Å². The number of aromatic nitrogens is 2. The van der Waals surface area contributed by atoms with E-state index in [9.17, 15) is 4.39 Å². The summed E-state index contributed by atoms with van der Waals surface area (Å²) in [5.41, 5.74) is 1.10. The summed E-state index contributed by atoms with van der Waals surface area (Å²) in [5, 5.41) is 9.43. The number of pyridine rings is 1. The standard InChI is InChI=1S/C13H4BrClFN3S/c14-12-11-9(1-2-18-12)19-13(20-11)10-7(15)3-6(5-17)4-8(10)16/h1-4H. The Kier molecular flexibility index (Phi) is 3.42. The molecule has 0 fully saturated rings. The second-order valence-electron chi connectivity index (χ2n) is 3.90. The highest BCUT2D eigenvalue weighted by Crippen LogP contribution is 2.38. The molecule has 7 heteroatoms. The zero-order chi connectivity index (χ0) is 14.3. The lowest BCUT2D eigenvalue weighted by molar-refractivity contribution is 0.631. The van der Waals surface area contributed by atoms with Crippen molar-refractivity contribution >= 4 is 49.1 Å². The summed E-state index contributed by atoms with van der Waals surface area (Å²) in [7, 11) is 0. The number of thiazole rings is 1. The molecule has 0 atom stereocenters. The fraction of sp³-hybridized carbons (Fsp3) is 0. The maximum absolute atomic E-state index is 14.1. The summed E-state index contributed by atoms with van der Waals surface area (Å²) in [6.07, 6.45) is 1.62. The Labute approximate surface area is 130 Å². The third kappa shape index (κ3) is 2.18. The summed E-state index contributed by atoms with van der Waals surface area (Å²) in [6.45, 7) is 0. The van der Waals surface area contributed by atoms with E-state index in [1.165, 1.54) is 17.4 Å². The summed E-state index contributed by atoms with van der Waals surface area (Å²) < 4.78 is 15.6. The van der Waals surface area contributed by atoms with Gasteiger partial charge >= 0.3 is 0 Å². The van der Waals surface area contributed by atoms with E-state index in [4.69, 9.17) is 16.9 Å². The average molecular weight is 369 g/mol. The first kappa shape index (κ1) is 13.4. The van der Waals surface area contributed by atoms with Gasteiger partial charge in [0.15, 0.2) is 0 Å². The molecule has 2 heterocycles. The molecule has 0 aliphatic rings. The summed E-state index contributed by atoms with van der Waals surface area (Å²) in [4.78, 5) is 8.47. The molecule has 0 saturated carbocycles. The largest absolute Gasteiger partial charge is 0.248 e. The van der Waals surface area contributed by atoms with Gasteiger partial charge in [-0.25, -0.2) is 14.4 Å². The minimum atomic E-state index is -0.558. The highest BCUT2D eigenvalue weighted by Gasteiger charge is 2.17. The first-order valence-electron chi connectivity index (χ1n) is 5.40. The monoisotopic (exact) mass is 367 g/mol. The maximum Gasteiger partial charge on any atom is 0.136 e. The molecule has 0 N–H and O–H groups in total. The highest BCUT2D eigenvalue weighted by atomic mass is 79.9. The van der Waals surface area contributed by atoms with E-state index in [1.54, 1.807) is 12.3 Å². The van der Waals surface area contributed by atoms with Gasteiger partial charge in [0, 0.05) is 6.20 Å². The molecule has 1 aromatic carbocycles. The van der Waals surface area contributed by atoms with E-state index in [0.29, 0.717) is 15.1 Å². The molecule has 3 aromatic rings. The van der Waals surface area contributed by atoms with Crippen LogP contribution in [0.25, 0.3) is 20.8 Å². The van der Waals surface area contributed by atoms with Crippen LogP contribution in [-0.2, 0) is 0 Å². The lowest BCUT2D eigenvalue weighted by atomic mass is 10.1. The van der Waals surface area contributed by atoms with Gasteiger partial charge in [0.05, 0.1) is 32.4 Å². The first-order valence-corrected chi connectivity index (χ1v) is 7.39. The zero-order valence-corrected chi connectivity index (χ0v) is 12.9. The third-order valence-corrected chi connectivity index (χ3v) is 4.90. The van der Waals surface area contributed by atoms with Gasteiger partial charge in [0.2, 0.25) is 0 Å². The zero-order valence-electron chi connectivity index (χ0n) is 9.69. The number of hydrogen-bond donors (Lipinski definition) is 0. The Morgan fingerprint density at radius 3 is 2.85 bits per heavy atom. The maximum atomic E-state index is 14.1. The lowest BCUT2D eigenvalue weighted by Gasteiger charge is -2.02. The van der Waals surface area contributed by atoms with Crippen LogP contribution in [0.4, 0.5) is 4.39 Å². The average Bonchev–Trinajstić information content (AvgIpc) is 2.82. The van der Waals surface area contributed by atoms with Crippen molar-refractivity contribution in [1.29, 1.82) is 5.26 Å². The van der Waals surface area contributed by atoms with Crippen LogP contribution in [0.2, 0.25) is 5.02 Å². The molecular formula is C13H4BrClFN3S. The van der Waals surface area contributed by atoms with Crippen molar-refractivity contribution in [3.8, 4) is 16.6 Å². The van der Waals surface area contributed by atoms with Crippen molar-refractivity contribution in [3.05, 3.63) is 45.4 Å². The number of fused-ring (bicyclic) bond motifs is 1. The normalized spacial score (nSPS) is 10.7. The number of rotatable bonds is 1. The van der Waals surface area contributed by atoms with Gasteiger partial charge in [-0.2, -0.15) is 5.26 Å². The number of nitrogens with zero attached hydrogens (tertiary/aromatic N) is 3. The number of nitriles is 1. The number of hydrogen-bond acceptors (Lipinski definition) is 4. The van der Waals surface area contributed by atoms with Crippen molar-refractivity contribution in [2.75, 3.05) is 0 Å². The summed E-state index contributed by atoms with van der Waals surface area (Å²) in [5.74, 6) is -0.558. The number of halogens is 3. The molecule has 0 amide bonds. The minimum Gasteiger partial charge on any atom is -0.248 e. The van der Waals surface area contributed by atoms with Gasteiger partial charge in [-0.1, -0.05) is 11.6 Å². The smallest absolute Gasteiger partial charge is 0.136 e. The van der Waals surface area contributed by atoms with E-state index in [0.717, 1.165) is 10.8 Å². The Morgan fingerprint density at radius 2 is 2.20 bits per heavy atom. The molecular weight excluding hydrogens is 365 g/mol. The Morgan fingerprint density at radius 1 is 1.40 bits per heavy atom. The van der Waals surface area contributed by atoms with Crippen LogP contribution in [0.15, 0.2) is 29.0 Å². The van der Waals surface area contributed by atoms with Crippen molar-refractivity contribution < 1.29 is 4.39 Å². The van der Waals surface area contributed by atoms with Crippen molar-refractivity contribution in [1.82, 2.24) is 9.97 Å². The molecule has 0 bridgehead atoms. The van der Waals surface area contributed by atoms with Crippen LogP contribution in [0.5, 0.6) is 0 Å². The Balaban J connectivity index is 2.26. The fourth-order valence-corrected chi connectivity index (χ4v) is 3.69. The van der Waals surface area contributed by atoms with Crippen LogP contribution in [0, 0.1) is 17.1 Å². The lowest BCUT2D eigenvalue weighted by Crippen LogP contribution is -1.87. The fourth-order valence-electron chi connectivity index (χ4n) is 1.77. The van der Waals surface area contributed by atoms with Gasteiger partial charge in [-0.15, -0.1) is 11.3 Å². The Bertz CT molecular complexity index is 849. The van der Waals surface area contributed by atoms with E-state index >= 15 is 0 Å². The topological polar surface area (TPSA) is 49.6 Å². The van der Waals surface area contributed by atoms with Gasteiger partial charge in [-0.3, -0.25) is 0 Å². The molecule has 2 aromatic heterocycles. The van der Waals surface area contributed by atoms with Crippen LogP contribution in [-0.4, -0.2) is 9.97 Å². The van der Waals surface area contributed by atoms with E-state index < -0.39 is 5.82 Å². The number of benzene rings is 1. The van der Waals surface area contributed by atoms with Gasteiger partial charge in [0.25, 0.3) is 0 Å². The molecule has 0 radical (unpaired) electrons. The van der Waals surface area contributed by atoms with Crippen LogP contribution in [0.1, 0.15) is 5.56 Å². The molecule has 0 saturated heterocycles. The van der Waals surface area contributed by atoms with Crippen molar-refractivity contribution in [2.45, 2.75) is 0 Å². The van der Waals surface area contributed by atoms with Crippen LogP contribution in [0.3, 0.4) is 0 Å². The quantitative estimate of drug-likeness (QED) is 0.581. The molecule has 0 unspecified atom stereocenters. The van der Waals surface area contributed by atoms with Gasteiger partial charge in [0.1, 0.15) is 15.4 Å². The summed E-state index contributed by atoms with van der Waals surface area (Å²) in [6, 6.07) is 6.19. The molecule has 0 aliphatic carbocycles. The third-order valence-electron chi connectivity index (χ3n) is 2.65. The van der Waals surface area contributed by atoms with E-state index in [2.05, 4.69) is 25.9 Å². The highest BCUT2D eigenvalue weighted by molar-refractivity contribution is 9.10. The van der Waals surface area contributed by atoms with Gasteiger partial charge in [-0.05, 0) is 34.1 Å². The summed E-state index contributed by atoms with van der Waals surface area (Å²) >= 11 is 10.7.